The predicted molar refractivity (Wildman–Crippen MR) is 116 cm³/mol. The van der Waals surface area contributed by atoms with Crippen molar-refractivity contribution < 1.29 is 88.4 Å². The third-order valence-electron chi connectivity index (χ3n) is 5.83. The number of fused-ring (bicyclic) bond motifs is 2. The molecule has 0 aliphatic heterocycles. The van der Waals surface area contributed by atoms with E-state index in [-0.39, 0.29) is 71.0 Å². The van der Waals surface area contributed by atoms with Crippen molar-refractivity contribution in [2.75, 3.05) is 13.2 Å². The number of carbonyl (C=O) groups excluding carboxylic acids is 2. The number of carboxylic acid groups (broad SMARTS) is 2. The van der Waals surface area contributed by atoms with Gasteiger partial charge >= 0.3 is 59.1 Å². The van der Waals surface area contributed by atoms with E-state index in [4.69, 9.17) is 9.47 Å². The average molecular weight is 485 g/mol. The van der Waals surface area contributed by atoms with Gasteiger partial charge in [0, 0.05) is 23.8 Å². The minimum absolute atomic E-state index is 0. The van der Waals surface area contributed by atoms with Gasteiger partial charge < -0.3 is 29.3 Å². The van der Waals surface area contributed by atoms with Crippen LogP contribution in [0.4, 0.5) is 0 Å². The van der Waals surface area contributed by atoms with E-state index in [1.165, 1.54) is 0 Å². The molecule has 2 atom stereocenters. The Bertz CT molecular complexity index is 885. The Kier molecular flexibility index (Phi) is 13.8. The maximum atomic E-state index is 10.8. The van der Waals surface area contributed by atoms with Crippen molar-refractivity contribution in [3.8, 4) is 11.5 Å². The van der Waals surface area contributed by atoms with Gasteiger partial charge in [0.15, 0.2) is 0 Å². The number of benzene rings is 2. The number of carboxylic acids is 2. The first-order valence-corrected chi connectivity index (χ1v) is 11.3. The van der Waals surface area contributed by atoms with Gasteiger partial charge in [0.1, 0.15) is 11.5 Å². The van der Waals surface area contributed by atoms with E-state index < -0.39 is 11.9 Å². The minimum Gasteiger partial charge on any atom is -0.550 e. The molecule has 0 bridgehead atoms. The van der Waals surface area contributed by atoms with Crippen LogP contribution in [0, 0.1) is 11.8 Å². The zero-order valence-corrected chi connectivity index (χ0v) is 24.7. The molecule has 0 N–H and O–H groups in total. The summed E-state index contributed by atoms with van der Waals surface area (Å²) in [5.74, 6) is -0.966. The Morgan fingerprint density at radius 1 is 0.706 bits per heavy atom. The maximum Gasteiger partial charge on any atom is 1.00 e. The van der Waals surface area contributed by atoms with E-state index in [9.17, 15) is 19.8 Å². The van der Waals surface area contributed by atoms with Crippen molar-refractivity contribution in [2.45, 2.75) is 52.4 Å². The number of carbonyl (C=O) groups is 2. The maximum absolute atomic E-state index is 10.8. The van der Waals surface area contributed by atoms with Gasteiger partial charge in [0.2, 0.25) is 0 Å². The van der Waals surface area contributed by atoms with Crippen LogP contribution in [-0.4, -0.2) is 25.2 Å². The largest absolute Gasteiger partial charge is 1.00 e. The Morgan fingerprint density at radius 3 is 1.38 bits per heavy atom. The van der Waals surface area contributed by atoms with Gasteiger partial charge in [-0.25, -0.2) is 0 Å². The number of rotatable bonds is 8. The molecule has 2 aliphatic carbocycles. The Morgan fingerprint density at radius 2 is 1.06 bits per heavy atom. The molecule has 0 saturated heterocycles. The summed E-state index contributed by atoms with van der Waals surface area (Å²) in [5, 5.41) is 21.6. The summed E-state index contributed by atoms with van der Waals surface area (Å²) in [7, 11) is 0. The van der Waals surface area contributed by atoms with Crippen LogP contribution >= 0.6 is 0 Å². The topological polar surface area (TPSA) is 98.7 Å². The molecule has 0 radical (unpaired) electrons. The van der Waals surface area contributed by atoms with Crippen molar-refractivity contribution >= 4 is 11.9 Å². The zero-order valence-electron chi connectivity index (χ0n) is 20.7. The van der Waals surface area contributed by atoms with Crippen LogP contribution in [0.25, 0.3) is 0 Å². The van der Waals surface area contributed by atoms with Crippen molar-refractivity contribution in [1.82, 2.24) is 0 Å². The number of hydrogen-bond acceptors (Lipinski definition) is 6. The van der Waals surface area contributed by atoms with Gasteiger partial charge in [-0.05, 0) is 85.0 Å². The third-order valence-corrected chi connectivity index (χ3v) is 5.83. The molecule has 0 fully saturated rings. The quantitative estimate of drug-likeness (QED) is 0.353. The van der Waals surface area contributed by atoms with Gasteiger partial charge in [0.05, 0.1) is 13.2 Å². The van der Waals surface area contributed by atoms with Crippen molar-refractivity contribution in [3.05, 3.63) is 58.7 Å². The van der Waals surface area contributed by atoms with E-state index >= 15 is 0 Å². The van der Waals surface area contributed by atoms with Crippen LogP contribution in [0.3, 0.4) is 0 Å². The van der Waals surface area contributed by atoms with E-state index in [1.54, 1.807) is 0 Å². The molecule has 2 aromatic rings. The Labute approximate surface area is 246 Å². The molecule has 0 saturated carbocycles. The SMILES string of the molecule is CCCOc1ccc2c(c1)CC(C(=O)[O-])C2.CCCOc1ccc2c(c1)CC(C(=O)[O-])C2.[Na+].[Na+]. The van der Waals surface area contributed by atoms with Crippen LogP contribution in [0.5, 0.6) is 11.5 Å². The summed E-state index contributed by atoms with van der Waals surface area (Å²) in [4.78, 5) is 21.6. The molecule has 34 heavy (non-hydrogen) atoms. The van der Waals surface area contributed by atoms with Crippen molar-refractivity contribution in [3.63, 3.8) is 0 Å². The molecule has 172 valence electrons. The molecule has 2 aliphatic rings. The van der Waals surface area contributed by atoms with E-state index in [2.05, 4.69) is 13.8 Å². The second kappa shape index (κ2) is 15.2. The van der Waals surface area contributed by atoms with Gasteiger partial charge in [-0.1, -0.05) is 26.0 Å². The van der Waals surface area contributed by atoms with Gasteiger partial charge in [-0.3, -0.25) is 0 Å². The van der Waals surface area contributed by atoms with Gasteiger partial charge in [-0.2, -0.15) is 0 Å². The summed E-state index contributed by atoms with van der Waals surface area (Å²) < 4.78 is 11.0. The molecule has 6 nitrogen and oxygen atoms in total. The fraction of sp³-hybridized carbons (Fsp3) is 0.462. The first-order valence-electron chi connectivity index (χ1n) is 11.3. The second-order valence-corrected chi connectivity index (χ2v) is 8.41. The predicted octanol–water partition coefficient (Wildman–Crippen LogP) is -4.11. The molecule has 0 aromatic heterocycles. The number of hydrogen-bond donors (Lipinski definition) is 0. The van der Waals surface area contributed by atoms with Crippen LogP contribution in [0.2, 0.25) is 0 Å². The van der Waals surface area contributed by atoms with Crippen LogP contribution in [-0.2, 0) is 35.3 Å². The second-order valence-electron chi connectivity index (χ2n) is 8.41. The number of ether oxygens (including phenoxy) is 2. The fourth-order valence-electron chi connectivity index (χ4n) is 4.14. The molecule has 0 spiro atoms. The average Bonchev–Trinajstić information content (AvgIpc) is 3.40. The smallest absolute Gasteiger partial charge is 0.550 e. The van der Waals surface area contributed by atoms with Crippen LogP contribution in [0.1, 0.15) is 48.9 Å². The summed E-state index contributed by atoms with van der Waals surface area (Å²) in [5.41, 5.74) is 4.39. The van der Waals surface area contributed by atoms with Gasteiger partial charge in [-0.15, -0.1) is 0 Å². The van der Waals surface area contributed by atoms with E-state index in [0.717, 1.165) is 46.6 Å². The van der Waals surface area contributed by atoms with Crippen molar-refractivity contribution in [1.29, 1.82) is 0 Å². The first kappa shape index (κ1) is 31.0. The molecule has 2 aromatic carbocycles. The van der Waals surface area contributed by atoms with E-state index in [0.29, 0.717) is 38.9 Å². The molecule has 4 rings (SSSR count). The molecular weight excluding hydrogens is 454 g/mol. The standard InChI is InChI=1S/2C13H16O3.2Na/c2*1-2-5-16-12-4-3-9-6-11(13(14)15)7-10(9)8-12;;/h2*3-4,8,11H,2,5-7H2,1H3,(H,14,15);;/q;;2*+1/p-2. The number of aliphatic carboxylic acids is 2. The van der Waals surface area contributed by atoms with Crippen LogP contribution in [0.15, 0.2) is 36.4 Å². The molecule has 2 unspecified atom stereocenters. The first-order chi connectivity index (χ1) is 15.4. The third kappa shape index (κ3) is 8.58. The molecule has 8 heteroatoms. The summed E-state index contributed by atoms with van der Waals surface area (Å²) in [6, 6.07) is 11.6. The molecule has 0 amide bonds. The zero-order chi connectivity index (χ0) is 23.1. The molecular formula is C26H30Na2O6. The fourth-order valence-corrected chi connectivity index (χ4v) is 4.14. The van der Waals surface area contributed by atoms with Gasteiger partial charge in [0.25, 0.3) is 0 Å². The van der Waals surface area contributed by atoms with Crippen LogP contribution < -0.4 is 78.8 Å². The summed E-state index contributed by atoms with van der Waals surface area (Å²) in [6.45, 7) is 5.50. The Hall–Kier alpha value is -1.02. The Balaban J connectivity index is 0.000000321. The monoisotopic (exact) mass is 484 g/mol. The molecule has 0 heterocycles. The van der Waals surface area contributed by atoms with Crippen molar-refractivity contribution in [2.24, 2.45) is 11.8 Å². The normalized spacial score (nSPS) is 17.1. The summed E-state index contributed by atoms with van der Waals surface area (Å²) >= 11 is 0. The van der Waals surface area contributed by atoms with E-state index in [1.807, 2.05) is 36.4 Å². The summed E-state index contributed by atoms with van der Waals surface area (Å²) in [6.07, 6.45) is 4.26. The minimum atomic E-state index is -0.952.